The molecule has 0 saturated carbocycles. The summed E-state index contributed by atoms with van der Waals surface area (Å²) >= 11 is 0. The van der Waals surface area contributed by atoms with Crippen LogP contribution in [0.25, 0.3) is 0 Å². The zero-order valence-electron chi connectivity index (χ0n) is 10.3. The first-order valence-electron chi connectivity index (χ1n) is 5.34. The Morgan fingerprint density at radius 2 is 1.94 bits per heavy atom. The summed E-state index contributed by atoms with van der Waals surface area (Å²) < 4.78 is 56.4. The second-order valence-corrected chi connectivity index (χ2v) is 8.76. The third-order valence-electron chi connectivity index (χ3n) is 2.92. The van der Waals surface area contributed by atoms with Gasteiger partial charge in [-0.15, -0.1) is 0 Å². The number of carbonyl (C=O) groups excluding carboxylic acids is 1. The van der Waals surface area contributed by atoms with E-state index in [0.717, 1.165) is 0 Å². The molecule has 0 aliphatic carbocycles. The molecule has 0 radical (unpaired) electrons. The molecule has 1 amide bonds. The molecule has 18 heavy (non-hydrogen) atoms. The zero-order chi connectivity index (χ0) is 14.4. The van der Waals surface area contributed by atoms with E-state index in [-0.39, 0.29) is 0 Å². The van der Waals surface area contributed by atoms with E-state index < -0.39 is 54.1 Å². The van der Waals surface area contributed by atoms with E-state index in [2.05, 4.69) is 5.32 Å². The first-order valence-corrected chi connectivity index (χ1v) is 8.64. The molecule has 1 fully saturated rings. The van der Waals surface area contributed by atoms with Gasteiger partial charge in [-0.05, 0) is 6.92 Å². The third kappa shape index (κ3) is 3.21. The number of sulfone groups is 1. The summed E-state index contributed by atoms with van der Waals surface area (Å²) in [6.45, 7) is 4.45. The van der Waals surface area contributed by atoms with Crippen molar-refractivity contribution in [2.24, 2.45) is 5.92 Å². The first kappa shape index (κ1) is 15.4. The summed E-state index contributed by atoms with van der Waals surface area (Å²) in [5.41, 5.74) is -1.55. The van der Waals surface area contributed by atoms with E-state index in [1.807, 2.05) is 0 Å². The number of amides is 1. The molecule has 1 aliphatic heterocycles. The van der Waals surface area contributed by atoms with Crippen LogP contribution in [0.3, 0.4) is 0 Å². The molecule has 7 nitrogen and oxygen atoms in total. The van der Waals surface area contributed by atoms with Crippen LogP contribution in [-0.2, 0) is 24.7 Å². The van der Waals surface area contributed by atoms with Crippen molar-refractivity contribution in [2.75, 3.05) is 11.5 Å². The highest BCUT2D eigenvalue weighted by molar-refractivity contribution is 7.94. The minimum Gasteiger partial charge on any atom is -0.748 e. The summed E-state index contributed by atoms with van der Waals surface area (Å²) in [5, 5.41) is 0.729. The van der Waals surface area contributed by atoms with Gasteiger partial charge < -0.3 is 9.87 Å². The Balaban J connectivity index is 3.14. The van der Waals surface area contributed by atoms with Gasteiger partial charge in [0.05, 0.1) is 22.3 Å². The predicted molar refractivity (Wildman–Crippen MR) is 63.5 cm³/mol. The molecule has 1 N–H and O–H groups in total. The van der Waals surface area contributed by atoms with E-state index in [9.17, 15) is 26.2 Å². The molecule has 1 heterocycles. The fourth-order valence-corrected chi connectivity index (χ4v) is 6.28. The summed E-state index contributed by atoms with van der Waals surface area (Å²) in [5.74, 6) is -2.19. The van der Waals surface area contributed by atoms with Crippen LogP contribution < -0.4 is 5.32 Å². The molecule has 1 aliphatic rings. The van der Waals surface area contributed by atoms with Gasteiger partial charge in [-0.3, -0.25) is 4.79 Å². The second kappa shape index (κ2) is 4.46. The van der Waals surface area contributed by atoms with Crippen molar-refractivity contribution >= 4 is 25.9 Å². The Morgan fingerprint density at radius 3 is 2.33 bits per heavy atom. The average molecular weight is 298 g/mol. The Labute approximate surface area is 107 Å². The normalized spacial score (nSPS) is 31.5. The lowest BCUT2D eigenvalue weighted by Crippen LogP contribution is -2.57. The smallest absolute Gasteiger partial charge is 0.223 e. The largest absolute Gasteiger partial charge is 0.748 e. The molecule has 1 saturated heterocycles. The molecular formula is C9H16NO6S2-. The van der Waals surface area contributed by atoms with Crippen LogP contribution in [0.4, 0.5) is 0 Å². The van der Waals surface area contributed by atoms with Crippen LogP contribution in [0, 0.1) is 5.92 Å². The van der Waals surface area contributed by atoms with Gasteiger partial charge in [0.15, 0.2) is 9.84 Å². The number of rotatable bonds is 3. The van der Waals surface area contributed by atoms with E-state index in [4.69, 9.17) is 0 Å². The van der Waals surface area contributed by atoms with Crippen molar-refractivity contribution in [1.82, 2.24) is 5.32 Å². The zero-order valence-corrected chi connectivity index (χ0v) is 12.0. The maximum absolute atomic E-state index is 11.6. The van der Waals surface area contributed by atoms with Crippen LogP contribution in [0.15, 0.2) is 0 Å². The molecule has 9 heteroatoms. The van der Waals surface area contributed by atoms with Gasteiger partial charge in [0.25, 0.3) is 0 Å². The molecule has 0 aromatic rings. The second-order valence-electron chi connectivity index (χ2n) is 5.10. The molecule has 0 aromatic carbocycles. The van der Waals surface area contributed by atoms with Crippen LogP contribution in [0.1, 0.15) is 20.8 Å². The molecule has 0 spiro atoms. The van der Waals surface area contributed by atoms with E-state index in [1.54, 1.807) is 13.8 Å². The van der Waals surface area contributed by atoms with Crippen molar-refractivity contribution in [2.45, 2.75) is 31.6 Å². The van der Waals surface area contributed by atoms with Gasteiger partial charge in [-0.25, -0.2) is 16.8 Å². The molecule has 106 valence electrons. The molecule has 2 unspecified atom stereocenters. The van der Waals surface area contributed by atoms with Crippen molar-refractivity contribution in [3.05, 3.63) is 0 Å². The maximum atomic E-state index is 11.6. The Morgan fingerprint density at radius 1 is 1.44 bits per heavy atom. The highest BCUT2D eigenvalue weighted by Crippen LogP contribution is 2.29. The average Bonchev–Trinajstić information content (AvgIpc) is 2.34. The predicted octanol–water partition coefficient (Wildman–Crippen LogP) is -1.14. The summed E-state index contributed by atoms with van der Waals surface area (Å²) in [6.07, 6.45) is 0. The van der Waals surface area contributed by atoms with E-state index in [1.165, 1.54) is 6.92 Å². The fraction of sp³-hybridized carbons (Fsp3) is 0.889. The van der Waals surface area contributed by atoms with Gasteiger partial charge in [0.2, 0.25) is 5.91 Å². The Kier molecular flexibility index (Phi) is 3.81. The van der Waals surface area contributed by atoms with Crippen molar-refractivity contribution in [3.63, 3.8) is 0 Å². The minimum absolute atomic E-state index is 0.430. The van der Waals surface area contributed by atoms with Crippen LogP contribution >= 0.6 is 0 Å². The van der Waals surface area contributed by atoms with E-state index in [0.29, 0.717) is 0 Å². The van der Waals surface area contributed by atoms with Crippen molar-refractivity contribution in [1.29, 1.82) is 0 Å². The topological polar surface area (TPSA) is 120 Å². The highest BCUT2D eigenvalue weighted by atomic mass is 32.2. The van der Waals surface area contributed by atoms with Gasteiger partial charge in [0.1, 0.15) is 10.1 Å². The molecule has 0 aromatic heterocycles. The minimum atomic E-state index is -4.80. The molecule has 2 atom stereocenters. The Bertz CT molecular complexity index is 550. The van der Waals surface area contributed by atoms with Gasteiger partial charge in [0, 0.05) is 5.92 Å². The quantitative estimate of drug-likeness (QED) is 0.657. The van der Waals surface area contributed by atoms with Crippen molar-refractivity contribution in [3.8, 4) is 0 Å². The number of hydrogen-bond donors (Lipinski definition) is 1. The summed E-state index contributed by atoms with van der Waals surface area (Å²) in [6, 6.07) is 0. The van der Waals surface area contributed by atoms with Crippen molar-refractivity contribution < 1.29 is 26.2 Å². The van der Waals surface area contributed by atoms with Crippen LogP contribution in [-0.4, -0.2) is 49.6 Å². The lowest BCUT2D eigenvalue weighted by atomic mass is 10.00. The van der Waals surface area contributed by atoms with E-state index >= 15 is 0 Å². The maximum Gasteiger partial charge on any atom is 0.223 e. The first-order chi connectivity index (χ1) is 7.87. The van der Waals surface area contributed by atoms with Crippen LogP contribution in [0.5, 0.6) is 0 Å². The SMILES string of the molecule is CC(C)C(=O)NC1(C)CS(=O)(=O)CC1S(=O)(=O)[O-]. The number of carbonyl (C=O) groups is 1. The van der Waals surface area contributed by atoms with Gasteiger partial charge >= 0.3 is 0 Å². The monoisotopic (exact) mass is 298 g/mol. The number of hydrogen-bond acceptors (Lipinski definition) is 6. The van der Waals surface area contributed by atoms with Crippen LogP contribution in [0.2, 0.25) is 0 Å². The summed E-state index contributed by atoms with van der Waals surface area (Å²) in [4.78, 5) is 11.6. The third-order valence-corrected chi connectivity index (χ3v) is 6.39. The highest BCUT2D eigenvalue weighted by Gasteiger charge is 2.51. The van der Waals surface area contributed by atoms with Gasteiger partial charge in [-0.2, -0.15) is 0 Å². The molecule has 1 rings (SSSR count). The fourth-order valence-electron chi connectivity index (χ4n) is 1.97. The number of nitrogens with one attached hydrogen (secondary N) is 1. The molecule has 0 bridgehead atoms. The lowest BCUT2D eigenvalue weighted by molar-refractivity contribution is -0.125. The lowest BCUT2D eigenvalue weighted by Gasteiger charge is -2.33. The standard InChI is InChI=1S/C9H17NO6S2/c1-6(2)8(11)10-9(3)5-17(12,13)4-7(9)18(14,15)16/h6-7H,4-5H2,1-3H3,(H,10,11)(H,14,15,16)/p-1. The van der Waals surface area contributed by atoms with Gasteiger partial charge in [-0.1, -0.05) is 13.8 Å². The summed E-state index contributed by atoms with van der Waals surface area (Å²) in [7, 11) is -8.45. The molecular weight excluding hydrogens is 282 g/mol. The Hall–Kier alpha value is -0.670.